The van der Waals surface area contributed by atoms with Crippen LogP contribution in [0.2, 0.25) is 0 Å². The molecule has 0 unspecified atom stereocenters. The number of hydrogen-bond acceptors (Lipinski definition) is 0. The Morgan fingerprint density at radius 1 is 0.293 bits per heavy atom. The Balaban J connectivity index is 1.07. The molecule has 0 saturated carbocycles. The zero-order valence-electron chi connectivity index (χ0n) is 31.5. The first-order valence-electron chi connectivity index (χ1n) is 20.1. The molecule has 0 N–H and O–H groups in total. The van der Waals surface area contributed by atoms with Crippen molar-refractivity contribution in [2.45, 2.75) is 5.92 Å². The number of fused-ring (bicyclic) bond motifs is 13. The Hall–Kier alpha value is -7.62. The van der Waals surface area contributed by atoms with Crippen molar-refractivity contribution in [1.82, 2.24) is 13.7 Å². The Bertz CT molecular complexity index is 3550. The van der Waals surface area contributed by atoms with E-state index in [0.717, 1.165) is 11.4 Å². The highest BCUT2D eigenvalue weighted by atomic mass is 15.0. The van der Waals surface area contributed by atoms with Crippen LogP contribution in [0.25, 0.3) is 93.6 Å². The average molecular weight is 738 g/mol. The molecular weight excluding hydrogens is 703 g/mol. The number of benzene rings is 9. The van der Waals surface area contributed by atoms with Crippen molar-refractivity contribution >= 4 is 65.4 Å². The van der Waals surface area contributed by atoms with Gasteiger partial charge in [0.05, 0.1) is 33.1 Å². The molecule has 0 aliphatic heterocycles. The van der Waals surface area contributed by atoms with E-state index in [1.807, 2.05) is 0 Å². The molecule has 1 aliphatic carbocycles. The fourth-order valence-corrected chi connectivity index (χ4v) is 10.4. The molecule has 0 saturated heterocycles. The zero-order chi connectivity index (χ0) is 37.9. The number of hydrogen-bond donors (Lipinski definition) is 0. The van der Waals surface area contributed by atoms with Crippen LogP contribution in [0.4, 0.5) is 0 Å². The summed E-state index contributed by atoms with van der Waals surface area (Å²) in [5, 5.41) is 7.53. The summed E-state index contributed by atoms with van der Waals surface area (Å²) >= 11 is 0. The van der Waals surface area contributed by atoms with Gasteiger partial charge in [0, 0.05) is 55.3 Å². The minimum Gasteiger partial charge on any atom is -0.309 e. The standard InChI is InChI=1S/C55H35N3/c1-3-24-44-39(19-1)40-20-2-4-25-45(40)53(44)35-15-13-16-36(33-35)57-51-30-12-8-26-47(51)54-52(57)32-31-46-43-23-7-11-29-50(43)58(55(46)54)38-18-14-17-37(34-38)56-48-27-9-5-21-41(48)42-22-6-10-28-49(42)56/h1-34,53H. The molecule has 0 spiro atoms. The molecular formula is C55H35N3. The number of aromatic nitrogens is 3. The van der Waals surface area contributed by atoms with Crippen LogP contribution in [0.5, 0.6) is 0 Å². The second-order valence-electron chi connectivity index (χ2n) is 15.7. The SMILES string of the molecule is c1cc(C2c3ccccc3-c3ccccc32)cc(-n2c3ccccc3c3c2ccc2c4ccccc4n(-c4cccc(-n5c6ccccc6c6ccccc65)c4)c23)c1. The summed E-state index contributed by atoms with van der Waals surface area (Å²) in [6.07, 6.45) is 0. The summed E-state index contributed by atoms with van der Waals surface area (Å²) in [5.74, 6) is 0.177. The van der Waals surface area contributed by atoms with Gasteiger partial charge in [0.1, 0.15) is 0 Å². The summed E-state index contributed by atoms with van der Waals surface area (Å²) in [7, 11) is 0. The smallest absolute Gasteiger partial charge is 0.0641 e. The summed E-state index contributed by atoms with van der Waals surface area (Å²) in [5.41, 5.74) is 17.4. The molecule has 0 amide bonds. The summed E-state index contributed by atoms with van der Waals surface area (Å²) in [6, 6.07) is 76.2. The van der Waals surface area contributed by atoms with Crippen molar-refractivity contribution < 1.29 is 0 Å². The Morgan fingerprint density at radius 3 is 1.38 bits per heavy atom. The van der Waals surface area contributed by atoms with Gasteiger partial charge in [-0.2, -0.15) is 0 Å². The molecule has 12 aromatic rings. The zero-order valence-corrected chi connectivity index (χ0v) is 31.5. The van der Waals surface area contributed by atoms with Crippen LogP contribution in [0.15, 0.2) is 206 Å². The third-order valence-corrected chi connectivity index (χ3v) is 12.7. The molecule has 0 fully saturated rings. The lowest BCUT2D eigenvalue weighted by molar-refractivity contribution is 1.01. The summed E-state index contributed by atoms with van der Waals surface area (Å²) < 4.78 is 7.40. The predicted octanol–water partition coefficient (Wildman–Crippen LogP) is 14.1. The highest BCUT2D eigenvalue weighted by Crippen LogP contribution is 2.49. The first-order valence-corrected chi connectivity index (χ1v) is 20.1. The van der Waals surface area contributed by atoms with Crippen molar-refractivity contribution in [2.75, 3.05) is 0 Å². The van der Waals surface area contributed by atoms with Gasteiger partial charge in [0.15, 0.2) is 0 Å². The molecule has 3 aromatic heterocycles. The van der Waals surface area contributed by atoms with Gasteiger partial charge in [-0.1, -0.05) is 146 Å². The third kappa shape index (κ3) is 4.28. The number of rotatable bonds is 4. The summed E-state index contributed by atoms with van der Waals surface area (Å²) in [4.78, 5) is 0. The maximum Gasteiger partial charge on any atom is 0.0641 e. The Morgan fingerprint density at radius 2 is 0.741 bits per heavy atom. The van der Waals surface area contributed by atoms with E-state index >= 15 is 0 Å². The maximum atomic E-state index is 2.50. The van der Waals surface area contributed by atoms with Gasteiger partial charge in [-0.15, -0.1) is 0 Å². The highest BCUT2D eigenvalue weighted by Gasteiger charge is 2.30. The fraction of sp³-hybridized carbons (Fsp3) is 0.0182. The number of para-hydroxylation sites is 4. The molecule has 3 nitrogen and oxygen atoms in total. The normalized spacial score (nSPS) is 12.8. The lowest BCUT2D eigenvalue weighted by Crippen LogP contribution is -2.01. The topological polar surface area (TPSA) is 14.8 Å². The van der Waals surface area contributed by atoms with Crippen LogP contribution in [-0.2, 0) is 0 Å². The van der Waals surface area contributed by atoms with Gasteiger partial charge in [-0.05, 0) is 88.5 Å². The second-order valence-corrected chi connectivity index (χ2v) is 15.7. The molecule has 9 aromatic carbocycles. The molecule has 0 bridgehead atoms. The van der Waals surface area contributed by atoms with Gasteiger partial charge < -0.3 is 13.7 Å². The highest BCUT2D eigenvalue weighted by molar-refractivity contribution is 6.26. The van der Waals surface area contributed by atoms with Crippen LogP contribution >= 0.6 is 0 Å². The van der Waals surface area contributed by atoms with Crippen LogP contribution in [0.1, 0.15) is 22.6 Å². The average Bonchev–Trinajstić information content (AvgIpc) is 4.01. The predicted molar refractivity (Wildman–Crippen MR) is 242 cm³/mol. The molecule has 3 heteroatoms. The van der Waals surface area contributed by atoms with E-state index in [-0.39, 0.29) is 5.92 Å². The first kappa shape index (κ1) is 31.6. The lowest BCUT2D eigenvalue weighted by atomic mass is 9.89. The van der Waals surface area contributed by atoms with Crippen molar-refractivity contribution in [1.29, 1.82) is 0 Å². The summed E-state index contributed by atoms with van der Waals surface area (Å²) in [6.45, 7) is 0. The molecule has 270 valence electrons. The van der Waals surface area contributed by atoms with Crippen LogP contribution < -0.4 is 0 Å². The second kappa shape index (κ2) is 11.9. The minimum absolute atomic E-state index is 0.177. The monoisotopic (exact) mass is 737 g/mol. The van der Waals surface area contributed by atoms with Crippen molar-refractivity contribution in [2.24, 2.45) is 0 Å². The number of nitrogens with zero attached hydrogens (tertiary/aromatic N) is 3. The largest absolute Gasteiger partial charge is 0.309 e. The van der Waals surface area contributed by atoms with E-state index in [1.165, 1.54) is 98.9 Å². The molecule has 58 heavy (non-hydrogen) atoms. The van der Waals surface area contributed by atoms with Gasteiger partial charge >= 0.3 is 0 Å². The van der Waals surface area contributed by atoms with Crippen LogP contribution in [0, 0.1) is 0 Å². The van der Waals surface area contributed by atoms with E-state index in [0.29, 0.717) is 0 Å². The van der Waals surface area contributed by atoms with Crippen LogP contribution in [0.3, 0.4) is 0 Å². The quantitative estimate of drug-likeness (QED) is 0.171. The van der Waals surface area contributed by atoms with Gasteiger partial charge in [0.25, 0.3) is 0 Å². The van der Waals surface area contributed by atoms with E-state index in [1.54, 1.807) is 0 Å². The Labute approximate surface area is 334 Å². The minimum atomic E-state index is 0.177. The van der Waals surface area contributed by atoms with E-state index in [2.05, 4.69) is 220 Å². The molecule has 0 radical (unpaired) electrons. The molecule has 3 heterocycles. The molecule has 1 aliphatic rings. The van der Waals surface area contributed by atoms with Crippen molar-refractivity contribution in [3.63, 3.8) is 0 Å². The van der Waals surface area contributed by atoms with E-state index in [4.69, 9.17) is 0 Å². The van der Waals surface area contributed by atoms with Crippen LogP contribution in [-0.4, -0.2) is 13.7 Å². The lowest BCUT2D eigenvalue weighted by Gasteiger charge is -2.17. The third-order valence-electron chi connectivity index (χ3n) is 12.7. The van der Waals surface area contributed by atoms with Gasteiger partial charge in [0.2, 0.25) is 0 Å². The Kier molecular flexibility index (Phi) is 6.50. The van der Waals surface area contributed by atoms with Crippen molar-refractivity contribution in [3.05, 3.63) is 223 Å². The van der Waals surface area contributed by atoms with Gasteiger partial charge in [-0.3, -0.25) is 0 Å². The van der Waals surface area contributed by atoms with E-state index in [9.17, 15) is 0 Å². The molecule has 13 rings (SSSR count). The molecule has 0 atom stereocenters. The van der Waals surface area contributed by atoms with Crippen molar-refractivity contribution in [3.8, 4) is 28.2 Å². The maximum absolute atomic E-state index is 2.50. The first-order chi connectivity index (χ1) is 28.8. The van der Waals surface area contributed by atoms with E-state index < -0.39 is 0 Å². The van der Waals surface area contributed by atoms with Gasteiger partial charge in [-0.25, -0.2) is 0 Å². The fourth-order valence-electron chi connectivity index (χ4n) is 10.4.